The molecule has 100 valence electrons. The summed E-state index contributed by atoms with van der Waals surface area (Å²) in [5, 5.41) is 9.41. The van der Waals surface area contributed by atoms with Crippen LogP contribution in [0.15, 0.2) is 48.5 Å². The standard InChI is InChI=1S/C17H15NO2/c19-16-6-2-4-14(12-16)8-7-13-3-1-5-15(11-13)17-9-10-20-18-17/h1-6,11-12,17-19H,9-10H2/t17-/m1/s1. The molecule has 0 saturated carbocycles. The minimum atomic E-state index is 0.234. The van der Waals surface area contributed by atoms with Gasteiger partial charge < -0.3 is 9.94 Å². The number of rotatable bonds is 1. The number of nitrogens with one attached hydrogen (secondary N) is 1. The summed E-state index contributed by atoms with van der Waals surface area (Å²) in [5.74, 6) is 6.41. The molecule has 3 heteroatoms. The molecular weight excluding hydrogens is 250 g/mol. The van der Waals surface area contributed by atoms with Crippen LogP contribution in [0.1, 0.15) is 29.2 Å². The van der Waals surface area contributed by atoms with Crippen LogP contribution < -0.4 is 5.48 Å². The molecule has 2 N–H and O–H groups in total. The van der Waals surface area contributed by atoms with Crippen molar-refractivity contribution in [3.63, 3.8) is 0 Å². The van der Waals surface area contributed by atoms with Gasteiger partial charge in [-0.05, 0) is 42.3 Å². The first-order valence-corrected chi connectivity index (χ1v) is 6.59. The molecule has 3 nitrogen and oxygen atoms in total. The van der Waals surface area contributed by atoms with Crippen LogP contribution >= 0.6 is 0 Å². The molecule has 0 bridgehead atoms. The summed E-state index contributed by atoms with van der Waals surface area (Å²) in [7, 11) is 0. The van der Waals surface area contributed by atoms with E-state index in [1.165, 1.54) is 5.56 Å². The number of phenolic OH excluding ortho intramolecular Hbond substituents is 1. The number of aromatic hydroxyl groups is 1. The maximum Gasteiger partial charge on any atom is 0.116 e. The first kappa shape index (κ1) is 12.7. The molecule has 1 aliphatic rings. The van der Waals surface area contributed by atoms with Crippen molar-refractivity contribution < 1.29 is 9.94 Å². The van der Waals surface area contributed by atoms with Crippen LogP contribution in [0.5, 0.6) is 5.75 Å². The van der Waals surface area contributed by atoms with Crippen LogP contribution in [0, 0.1) is 11.8 Å². The third kappa shape index (κ3) is 3.00. The second-order valence-electron chi connectivity index (χ2n) is 4.73. The summed E-state index contributed by atoms with van der Waals surface area (Å²) in [6.45, 7) is 0.740. The van der Waals surface area contributed by atoms with Crippen LogP contribution in [0.25, 0.3) is 0 Å². The van der Waals surface area contributed by atoms with Crippen LogP contribution in [0.3, 0.4) is 0 Å². The molecule has 0 unspecified atom stereocenters. The van der Waals surface area contributed by atoms with Gasteiger partial charge in [-0.3, -0.25) is 0 Å². The largest absolute Gasteiger partial charge is 0.508 e. The lowest BCUT2D eigenvalue weighted by Crippen LogP contribution is -2.11. The summed E-state index contributed by atoms with van der Waals surface area (Å²) in [6.07, 6.45) is 0.976. The SMILES string of the molecule is Oc1cccc(C#Cc2cccc([C@H]3CCON3)c2)c1. The van der Waals surface area contributed by atoms with Crippen LogP contribution in [-0.4, -0.2) is 11.7 Å². The molecule has 1 heterocycles. The molecular formula is C17H15NO2. The average molecular weight is 265 g/mol. The molecule has 2 aromatic carbocycles. The summed E-state index contributed by atoms with van der Waals surface area (Å²) >= 11 is 0. The van der Waals surface area contributed by atoms with Gasteiger partial charge in [0.25, 0.3) is 0 Å². The lowest BCUT2D eigenvalue weighted by molar-refractivity contribution is 0.0883. The number of hydrogen-bond donors (Lipinski definition) is 2. The Labute approximate surface area is 118 Å². The van der Waals surface area contributed by atoms with Gasteiger partial charge in [0.05, 0.1) is 12.6 Å². The Kier molecular flexibility index (Phi) is 3.69. The van der Waals surface area contributed by atoms with E-state index in [2.05, 4.69) is 29.5 Å². The Morgan fingerprint density at radius 1 is 1.05 bits per heavy atom. The lowest BCUT2D eigenvalue weighted by Gasteiger charge is -2.08. The molecule has 1 saturated heterocycles. The normalized spacial score (nSPS) is 17.5. The Hall–Kier alpha value is -2.28. The first-order chi connectivity index (χ1) is 9.81. The predicted octanol–water partition coefficient (Wildman–Crippen LogP) is 2.76. The van der Waals surface area contributed by atoms with Gasteiger partial charge >= 0.3 is 0 Å². The molecule has 0 aromatic heterocycles. The van der Waals surface area contributed by atoms with Crippen molar-refractivity contribution in [3.05, 3.63) is 65.2 Å². The quantitative estimate of drug-likeness (QED) is 0.779. The fourth-order valence-electron chi connectivity index (χ4n) is 2.19. The molecule has 1 atom stereocenters. The van der Waals surface area contributed by atoms with Crippen molar-refractivity contribution in [2.45, 2.75) is 12.5 Å². The highest BCUT2D eigenvalue weighted by Crippen LogP contribution is 2.21. The van der Waals surface area contributed by atoms with Crippen molar-refractivity contribution in [1.82, 2.24) is 5.48 Å². The summed E-state index contributed by atoms with van der Waals surface area (Å²) in [4.78, 5) is 5.18. The van der Waals surface area contributed by atoms with Crippen LogP contribution in [-0.2, 0) is 4.84 Å². The molecule has 1 aliphatic heterocycles. The topological polar surface area (TPSA) is 41.5 Å². The molecule has 1 fully saturated rings. The van der Waals surface area contributed by atoms with Crippen LogP contribution in [0.2, 0.25) is 0 Å². The van der Waals surface area contributed by atoms with Gasteiger partial charge in [0, 0.05) is 11.1 Å². The van der Waals surface area contributed by atoms with E-state index in [0.29, 0.717) is 0 Å². The van der Waals surface area contributed by atoms with Crippen molar-refractivity contribution in [2.24, 2.45) is 0 Å². The van der Waals surface area contributed by atoms with Gasteiger partial charge in [-0.15, -0.1) is 0 Å². The summed E-state index contributed by atoms with van der Waals surface area (Å²) in [6, 6.07) is 15.3. The number of hydrogen-bond acceptors (Lipinski definition) is 3. The highest BCUT2D eigenvalue weighted by Gasteiger charge is 2.16. The number of hydroxylamine groups is 1. The van der Waals surface area contributed by atoms with Gasteiger partial charge in [-0.2, -0.15) is 5.48 Å². The third-order valence-electron chi connectivity index (χ3n) is 3.22. The monoisotopic (exact) mass is 265 g/mol. The van der Waals surface area contributed by atoms with Gasteiger partial charge in [-0.25, -0.2) is 0 Å². The van der Waals surface area contributed by atoms with E-state index in [4.69, 9.17) is 4.84 Å². The zero-order chi connectivity index (χ0) is 13.8. The van der Waals surface area contributed by atoms with Crippen molar-refractivity contribution in [2.75, 3.05) is 6.61 Å². The minimum absolute atomic E-state index is 0.234. The van der Waals surface area contributed by atoms with Gasteiger partial charge in [0.2, 0.25) is 0 Å². The van der Waals surface area contributed by atoms with E-state index in [1.54, 1.807) is 18.2 Å². The molecule has 20 heavy (non-hydrogen) atoms. The average Bonchev–Trinajstić information content (AvgIpc) is 3.00. The maximum atomic E-state index is 9.41. The van der Waals surface area contributed by atoms with E-state index < -0.39 is 0 Å². The Balaban J connectivity index is 1.83. The molecule has 0 spiro atoms. The molecule has 2 aromatic rings. The zero-order valence-corrected chi connectivity index (χ0v) is 11.0. The minimum Gasteiger partial charge on any atom is -0.508 e. The molecule has 0 radical (unpaired) electrons. The lowest BCUT2D eigenvalue weighted by atomic mass is 10.0. The second kappa shape index (κ2) is 5.79. The maximum absolute atomic E-state index is 9.41. The van der Waals surface area contributed by atoms with Crippen LogP contribution in [0.4, 0.5) is 0 Å². The predicted molar refractivity (Wildman–Crippen MR) is 77.0 cm³/mol. The van der Waals surface area contributed by atoms with E-state index in [0.717, 1.165) is 24.2 Å². The molecule has 0 aliphatic carbocycles. The first-order valence-electron chi connectivity index (χ1n) is 6.59. The highest BCUT2D eigenvalue weighted by molar-refractivity contribution is 5.46. The van der Waals surface area contributed by atoms with Gasteiger partial charge in [-0.1, -0.05) is 30.0 Å². The Morgan fingerprint density at radius 2 is 1.80 bits per heavy atom. The van der Waals surface area contributed by atoms with Gasteiger partial charge in [0.15, 0.2) is 0 Å². The van der Waals surface area contributed by atoms with E-state index in [9.17, 15) is 5.11 Å². The molecule has 0 amide bonds. The van der Waals surface area contributed by atoms with E-state index in [1.807, 2.05) is 18.2 Å². The smallest absolute Gasteiger partial charge is 0.116 e. The second-order valence-corrected chi connectivity index (χ2v) is 4.73. The number of benzene rings is 2. The third-order valence-corrected chi connectivity index (χ3v) is 3.22. The zero-order valence-electron chi connectivity index (χ0n) is 11.0. The molecule has 3 rings (SSSR count). The fraction of sp³-hybridized carbons (Fsp3) is 0.176. The van der Waals surface area contributed by atoms with Crippen molar-refractivity contribution in [3.8, 4) is 17.6 Å². The summed E-state index contributed by atoms with van der Waals surface area (Å²) < 4.78 is 0. The Morgan fingerprint density at radius 3 is 2.50 bits per heavy atom. The van der Waals surface area contributed by atoms with Gasteiger partial charge in [0.1, 0.15) is 5.75 Å². The van der Waals surface area contributed by atoms with E-state index >= 15 is 0 Å². The van der Waals surface area contributed by atoms with Crippen molar-refractivity contribution in [1.29, 1.82) is 0 Å². The van der Waals surface area contributed by atoms with E-state index in [-0.39, 0.29) is 11.8 Å². The fourth-order valence-corrected chi connectivity index (χ4v) is 2.19. The number of phenols is 1. The van der Waals surface area contributed by atoms with Crippen molar-refractivity contribution >= 4 is 0 Å². The highest BCUT2D eigenvalue weighted by atomic mass is 16.7. The summed E-state index contributed by atoms with van der Waals surface area (Å²) in [5.41, 5.74) is 5.95. The Bertz CT molecular complexity index is 664.